The second kappa shape index (κ2) is 10.3. The highest BCUT2D eigenvalue weighted by Crippen LogP contribution is 2.27. The van der Waals surface area contributed by atoms with E-state index in [0.29, 0.717) is 0 Å². The molecule has 1 aliphatic heterocycles. The molecule has 4 nitrogen and oxygen atoms in total. The van der Waals surface area contributed by atoms with E-state index in [2.05, 4.69) is 64.2 Å². The molecule has 35 heavy (non-hydrogen) atoms. The summed E-state index contributed by atoms with van der Waals surface area (Å²) >= 11 is 6.50. The molecule has 5 heteroatoms. The smallest absolute Gasteiger partial charge is 0.227 e. The van der Waals surface area contributed by atoms with Crippen LogP contribution in [0.4, 0.5) is 5.69 Å². The number of carbonyl (C=O) groups excluding carboxylic acids is 1. The van der Waals surface area contributed by atoms with Crippen LogP contribution in [0.3, 0.4) is 0 Å². The molecule has 0 spiro atoms. The molecule has 5 rings (SSSR count). The summed E-state index contributed by atoms with van der Waals surface area (Å²) < 4.78 is 2.38. The number of piperidine rings is 1. The zero-order valence-electron chi connectivity index (χ0n) is 20.4. The van der Waals surface area contributed by atoms with Crippen molar-refractivity contribution in [3.8, 4) is 0 Å². The lowest BCUT2D eigenvalue weighted by molar-refractivity contribution is -0.121. The lowest BCUT2D eigenvalue weighted by Crippen LogP contribution is -2.38. The number of hydrogen-bond acceptors (Lipinski definition) is 2. The standard InChI is InChI=1S/C30H32ClN3O/c1-21-11-12-28(22(2)17-21)32-30(35)23-13-15-33(16-14-23)20-26-18-24-7-4-6-10-29(24)34(26)19-25-8-3-5-9-27(25)31/h3-12,17-18,23H,13-16,19-20H2,1-2H3,(H,32,35). The van der Waals surface area contributed by atoms with Crippen LogP contribution in [-0.4, -0.2) is 28.5 Å². The van der Waals surface area contributed by atoms with E-state index in [0.717, 1.165) is 60.9 Å². The summed E-state index contributed by atoms with van der Waals surface area (Å²) in [5.74, 6) is 0.199. The van der Waals surface area contributed by atoms with Crippen LogP contribution in [0.2, 0.25) is 5.02 Å². The second-order valence-electron chi connectivity index (χ2n) is 9.73. The lowest BCUT2D eigenvalue weighted by atomic mass is 9.95. The van der Waals surface area contributed by atoms with Gasteiger partial charge in [0.25, 0.3) is 0 Å². The molecule has 180 valence electrons. The number of benzene rings is 3. The normalized spacial score (nSPS) is 14.9. The highest BCUT2D eigenvalue weighted by Gasteiger charge is 2.26. The molecule has 0 atom stereocenters. The number of anilines is 1. The van der Waals surface area contributed by atoms with Gasteiger partial charge in [0, 0.05) is 40.9 Å². The maximum atomic E-state index is 12.9. The summed E-state index contributed by atoms with van der Waals surface area (Å²) in [4.78, 5) is 15.4. The lowest BCUT2D eigenvalue weighted by Gasteiger charge is -2.31. The maximum absolute atomic E-state index is 12.9. The van der Waals surface area contributed by atoms with Gasteiger partial charge < -0.3 is 9.88 Å². The minimum Gasteiger partial charge on any atom is -0.339 e. The van der Waals surface area contributed by atoms with Gasteiger partial charge in [0.2, 0.25) is 5.91 Å². The number of aryl methyl sites for hydroxylation is 2. The first kappa shape index (κ1) is 23.7. The molecule has 1 fully saturated rings. The topological polar surface area (TPSA) is 37.3 Å². The van der Waals surface area contributed by atoms with Crippen LogP contribution in [0.1, 0.15) is 35.2 Å². The van der Waals surface area contributed by atoms with Gasteiger partial charge in [0.05, 0.1) is 0 Å². The van der Waals surface area contributed by atoms with Crippen LogP contribution in [0.15, 0.2) is 72.8 Å². The van der Waals surface area contributed by atoms with Crippen LogP contribution in [0, 0.1) is 19.8 Å². The molecule has 1 N–H and O–H groups in total. The average Bonchev–Trinajstić information content (AvgIpc) is 3.19. The highest BCUT2D eigenvalue weighted by molar-refractivity contribution is 6.31. The number of hydrogen-bond donors (Lipinski definition) is 1. The van der Waals surface area contributed by atoms with Crippen molar-refractivity contribution < 1.29 is 4.79 Å². The Kier molecular flexibility index (Phi) is 6.94. The van der Waals surface area contributed by atoms with Crippen molar-refractivity contribution in [2.45, 2.75) is 39.8 Å². The molecule has 4 aromatic rings. The molecule has 3 aromatic carbocycles. The Bertz CT molecular complexity index is 1350. The van der Waals surface area contributed by atoms with Crippen molar-refractivity contribution in [2.24, 2.45) is 5.92 Å². The Balaban J connectivity index is 1.27. The zero-order valence-corrected chi connectivity index (χ0v) is 21.2. The summed E-state index contributed by atoms with van der Waals surface area (Å²) in [5, 5.41) is 5.20. The molecule has 0 unspecified atom stereocenters. The third kappa shape index (κ3) is 5.29. The third-order valence-corrected chi connectivity index (χ3v) is 7.54. The van der Waals surface area contributed by atoms with Crippen molar-refractivity contribution in [3.63, 3.8) is 0 Å². The number of nitrogens with one attached hydrogen (secondary N) is 1. The van der Waals surface area contributed by atoms with Gasteiger partial charge in [-0.25, -0.2) is 0 Å². The number of aromatic nitrogens is 1. The number of halogens is 1. The van der Waals surface area contributed by atoms with Crippen LogP contribution >= 0.6 is 11.6 Å². The Labute approximate surface area is 212 Å². The van der Waals surface area contributed by atoms with Gasteiger partial charge in [-0.3, -0.25) is 9.69 Å². The van der Waals surface area contributed by atoms with Gasteiger partial charge in [-0.05, 0) is 80.6 Å². The molecular formula is C30H32ClN3O. The van der Waals surface area contributed by atoms with E-state index in [1.807, 2.05) is 37.3 Å². The van der Waals surface area contributed by atoms with E-state index in [-0.39, 0.29) is 11.8 Å². The van der Waals surface area contributed by atoms with Crippen molar-refractivity contribution in [1.82, 2.24) is 9.47 Å². The van der Waals surface area contributed by atoms with Crippen molar-refractivity contribution in [3.05, 3.63) is 100 Å². The first-order valence-corrected chi connectivity index (χ1v) is 12.8. The Morgan fingerprint density at radius 2 is 1.69 bits per heavy atom. The molecule has 1 aliphatic rings. The molecule has 1 amide bonds. The molecule has 0 aliphatic carbocycles. The average molecular weight is 486 g/mol. The first-order chi connectivity index (χ1) is 17.0. The molecule has 2 heterocycles. The van der Waals surface area contributed by atoms with Crippen LogP contribution in [-0.2, 0) is 17.9 Å². The maximum Gasteiger partial charge on any atom is 0.227 e. The number of fused-ring (bicyclic) bond motifs is 1. The second-order valence-corrected chi connectivity index (χ2v) is 10.1. The molecule has 1 aromatic heterocycles. The molecular weight excluding hydrogens is 454 g/mol. The van der Waals surface area contributed by atoms with E-state index >= 15 is 0 Å². The third-order valence-electron chi connectivity index (χ3n) is 7.17. The van der Waals surface area contributed by atoms with Crippen molar-refractivity contribution in [2.75, 3.05) is 18.4 Å². The van der Waals surface area contributed by atoms with Gasteiger partial charge in [-0.2, -0.15) is 0 Å². The predicted molar refractivity (Wildman–Crippen MR) is 145 cm³/mol. The van der Waals surface area contributed by atoms with Crippen molar-refractivity contribution >= 4 is 34.1 Å². The largest absolute Gasteiger partial charge is 0.339 e. The number of rotatable bonds is 6. The molecule has 0 saturated carbocycles. The molecule has 1 saturated heterocycles. The van der Waals surface area contributed by atoms with Gasteiger partial charge in [0.1, 0.15) is 0 Å². The molecule has 0 bridgehead atoms. The van der Waals surface area contributed by atoms with E-state index in [4.69, 9.17) is 11.6 Å². The fourth-order valence-corrected chi connectivity index (χ4v) is 5.35. The summed E-state index contributed by atoms with van der Waals surface area (Å²) in [6.07, 6.45) is 1.75. The number of amides is 1. The highest BCUT2D eigenvalue weighted by atomic mass is 35.5. The first-order valence-electron chi connectivity index (χ1n) is 12.4. The van der Waals surface area contributed by atoms with E-state index in [1.54, 1.807) is 0 Å². The fraction of sp³-hybridized carbons (Fsp3) is 0.300. The summed E-state index contributed by atoms with van der Waals surface area (Å²) in [6, 6.07) is 25.1. The molecule has 0 radical (unpaired) electrons. The SMILES string of the molecule is Cc1ccc(NC(=O)C2CCN(Cc3cc4ccccc4n3Cc3ccccc3Cl)CC2)c(C)c1. The van der Waals surface area contributed by atoms with Gasteiger partial charge in [0.15, 0.2) is 0 Å². The van der Waals surface area contributed by atoms with E-state index in [9.17, 15) is 4.79 Å². The summed E-state index contributed by atoms with van der Waals surface area (Å²) in [7, 11) is 0. The van der Waals surface area contributed by atoms with E-state index < -0.39 is 0 Å². The Hall–Kier alpha value is -3.08. The number of carbonyl (C=O) groups is 1. The minimum atomic E-state index is 0.0564. The van der Waals surface area contributed by atoms with Gasteiger partial charge in [-0.15, -0.1) is 0 Å². The van der Waals surface area contributed by atoms with E-state index in [1.165, 1.54) is 22.2 Å². The van der Waals surface area contributed by atoms with Crippen molar-refractivity contribution in [1.29, 1.82) is 0 Å². The Morgan fingerprint density at radius 1 is 0.943 bits per heavy atom. The minimum absolute atomic E-state index is 0.0564. The number of nitrogens with zero attached hydrogens (tertiary/aromatic N) is 2. The van der Waals surface area contributed by atoms with Crippen LogP contribution < -0.4 is 5.32 Å². The summed E-state index contributed by atoms with van der Waals surface area (Å²) in [5.41, 5.74) is 6.88. The monoisotopic (exact) mass is 485 g/mol. The van der Waals surface area contributed by atoms with Gasteiger partial charge >= 0.3 is 0 Å². The quantitative estimate of drug-likeness (QED) is 0.325. The zero-order chi connectivity index (χ0) is 24.4. The fourth-order valence-electron chi connectivity index (χ4n) is 5.15. The predicted octanol–water partition coefficient (Wildman–Crippen LogP) is 6.81. The van der Waals surface area contributed by atoms with Crippen LogP contribution in [0.25, 0.3) is 10.9 Å². The van der Waals surface area contributed by atoms with Crippen LogP contribution in [0.5, 0.6) is 0 Å². The number of para-hydroxylation sites is 1. The number of likely N-dealkylation sites (tertiary alicyclic amines) is 1. The summed E-state index contributed by atoms with van der Waals surface area (Å²) in [6.45, 7) is 7.56. The Morgan fingerprint density at radius 3 is 2.46 bits per heavy atom. The van der Waals surface area contributed by atoms with Gasteiger partial charge in [-0.1, -0.05) is 65.7 Å².